The van der Waals surface area contributed by atoms with E-state index in [4.69, 9.17) is 0 Å². The lowest BCUT2D eigenvalue weighted by molar-refractivity contribution is -0.121. The first-order chi connectivity index (χ1) is 10.2. The molecule has 3 nitrogen and oxygen atoms in total. The van der Waals surface area contributed by atoms with Gasteiger partial charge in [-0.1, -0.05) is 51.3 Å². The molecule has 0 radical (unpaired) electrons. The molecule has 1 atom stereocenters. The number of nitrogens with one attached hydrogen (secondary N) is 1. The van der Waals surface area contributed by atoms with E-state index in [-0.39, 0.29) is 5.91 Å². The predicted octanol–water partition coefficient (Wildman–Crippen LogP) is 3.85. The first-order valence-electron chi connectivity index (χ1n) is 8.20. The minimum absolute atomic E-state index is 0.160. The van der Waals surface area contributed by atoms with Gasteiger partial charge in [-0.15, -0.1) is 0 Å². The molecule has 21 heavy (non-hydrogen) atoms. The molecular weight excluding hydrogens is 260 g/mol. The second kappa shape index (κ2) is 10.3. The highest BCUT2D eigenvalue weighted by molar-refractivity contribution is 5.76. The summed E-state index contributed by atoms with van der Waals surface area (Å²) in [7, 11) is 2.03. The van der Waals surface area contributed by atoms with E-state index in [0.717, 1.165) is 25.2 Å². The Labute approximate surface area is 129 Å². The molecule has 0 fully saturated rings. The van der Waals surface area contributed by atoms with Gasteiger partial charge in [-0.3, -0.25) is 4.79 Å². The summed E-state index contributed by atoms with van der Waals surface area (Å²) in [5.41, 5.74) is 1.15. The van der Waals surface area contributed by atoms with Crippen molar-refractivity contribution in [3.05, 3.63) is 30.3 Å². The Kier molecular flexibility index (Phi) is 8.56. The standard InChI is InChI=1S/C18H30N2O/c1-4-6-10-16(5-2)15-19-18(21)13-14-20(3)17-11-8-7-9-12-17/h7-9,11-12,16H,4-6,10,13-15H2,1-3H3,(H,19,21). The van der Waals surface area contributed by atoms with Gasteiger partial charge in [0, 0.05) is 32.2 Å². The van der Waals surface area contributed by atoms with Crippen molar-refractivity contribution in [3.63, 3.8) is 0 Å². The smallest absolute Gasteiger partial charge is 0.221 e. The monoisotopic (exact) mass is 290 g/mol. The Balaban J connectivity index is 2.24. The highest BCUT2D eigenvalue weighted by atomic mass is 16.1. The van der Waals surface area contributed by atoms with E-state index < -0.39 is 0 Å². The number of para-hydroxylation sites is 1. The summed E-state index contributed by atoms with van der Waals surface area (Å²) in [6.45, 7) is 5.99. The molecule has 0 saturated heterocycles. The van der Waals surface area contributed by atoms with Crippen molar-refractivity contribution >= 4 is 11.6 Å². The summed E-state index contributed by atoms with van der Waals surface area (Å²) in [5, 5.41) is 3.08. The number of benzene rings is 1. The van der Waals surface area contributed by atoms with Gasteiger partial charge in [0.1, 0.15) is 0 Å². The maximum Gasteiger partial charge on any atom is 0.221 e. The molecule has 1 unspecified atom stereocenters. The number of anilines is 1. The van der Waals surface area contributed by atoms with E-state index in [1.54, 1.807) is 0 Å². The van der Waals surface area contributed by atoms with Crippen LogP contribution in [0.1, 0.15) is 46.0 Å². The fourth-order valence-corrected chi connectivity index (χ4v) is 2.37. The molecule has 0 saturated carbocycles. The summed E-state index contributed by atoms with van der Waals surface area (Å²) in [6.07, 6.45) is 5.40. The number of amides is 1. The van der Waals surface area contributed by atoms with E-state index in [9.17, 15) is 4.79 Å². The summed E-state index contributed by atoms with van der Waals surface area (Å²) in [5.74, 6) is 0.786. The third kappa shape index (κ3) is 7.16. The molecule has 1 aromatic rings. The average molecular weight is 290 g/mol. The van der Waals surface area contributed by atoms with Crippen molar-refractivity contribution in [2.24, 2.45) is 5.92 Å². The van der Waals surface area contributed by atoms with Gasteiger partial charge >= 0.3 is 0 Å². The minimum atomic E-state index is 0.160. The Morgan fingerprint density at radius 1 is 1.24 bits per heavy atom. The van der Waals surface area contributed by atoms with Crippen LogP contribution in [0.25, 0.3) is 0 Å². The van der Waals surface area contributed by atoms with Crippen LogP contribution in [0.15, 0.2) is 30.3 Å². The molecular formula is C18H30N2O. The zero-order chi connectivity index (χ0) is 15.5. The molecule has 0 aliphatic rings. The maximum atomic E-state index is 11.9. The van der Waals surface area contributed by atoms with Crippen molar-refractivity contribution in [1.82, 2.24) is 5.32 Å². The second-order valence-electron chi connectivity index (χ2n) is 5.73. The molecule has 3 heteroatoms. The number of unbranched alkanes of at least 4 members (excludes halogenated alkanes) is 1. The highest BCUT2D eigenvalue weighted by Gasteiger charge is 2.09. The zero-order valence-electron chi connectivity index (χ0n) is 13.8. The molecule has 118 valence electrons. The molecule has 0 heterocycles. The second-order valence-corrected chi connectivity index (χ2v) is 5.73. The first-order valence-corrected chi connectivity index (χ1v) is 8.20. The summed E-state index contributed by atoms with van der Waals surface area (Å²) >= 11 is 0. The van der Waals surface area contributed by atoms with Crippen LogP contribution in [-0.4, -0.2) is 26.0 Å². The largest absolute Gasteiger partial charge is 0.374 e. The fourth-order valence-electron chi connectivity index (χ4n) is 2.37. The van der Waals surface area contributed by atoms with E-state index in [1.165, 1.54) is 19.3 Å². The number of nitrogens with zero attached hydrogens (tertiary/aromatic N) is 1. The third-order valence-corrected chi connectivity index (χ3v) is 4.00. The number of carbonyl (C=O) groups is 1. The van der Waals surface area contributed by atoms with Crippen molar-refractivity contribution < 1.29 is 4.79 Å². The Bertz CT molecular complexity index is 391. The van der Waals surface area contributed by atoms with Gasteiger partial charge in [-0.05, 0) is 24.5 Å². The SMILES string of the molecule is CCCCC(CC)CNC(=O)CCN(C)c1ccccc1. The quantitative estimate of drug-likeness (QED) is 0.710. The third-order valence-electron chi connectivity index (χ3n) is 4.00. The number of rotatable bonds is 10. The van der Waals surface area contributed by atoms with Crippen LogP contribution in [0, 0.1) is 5.92 Å². The Hall–Kier alpha value is -1.51. The van der Waals surface area contributed by atoms with Gasteiger partial charge in [0.05, 0.1) is 0 Å². The predicted molar refractivity (Wildman–Crippen MR) is 90.6 cm³/mol. The van der Waals surface area contributed by atoms with Crippen LogP contribution in [0.5, 0.6) is 0 Å². The van der Waals surface area contributed by atoms with Crippen molar-refractivity contribution in [1.29, 1.82) is 0 Å². The van der Waals surface area contributed by atoms with Gasteiger partial charge in [0.2, 0.25) is 5.91 Å². The van der Waals surface area contributed by atoms with Crippen LogP contribution in [0.4, 0.5) is 5.69 Å². The summed E-state index contributed by atoms with van der Waals surface area (Å²) < 4.78 is 0. The lowest BCUT2D eigenvalue weighted by Crippen LogP contribution is -2.32. The topological polar surface area (TPSA) is 32.3 Å². The maximum absolute atomic E-state index is 11.9. The normalized spacial score (nSPS) is 12.0. The van der Waals surface area contributed by atoms with Gasteiger partial charge in [-0.2, -0.15) is 0 Å². The molecule has 0 bridgehead atoms. The van der Waals surface area contributed by atoms with Crippen molar-refractivity contribution in [2.45, 2.75) is 46.0 Å². The molecule has 0 aliphatic carbocycles. The van der Waals surface area contributed by atoms with Crippen LogP contribution in [0.3, 0.4) is 0 Å². The van der Waals surface area contributed by atoms with Crippen LogP contribution in [0.2, 0.25) is 0 Å². The Morgan fingerprint density at radius 2 is 1.95 bits per heavy atom. The zero-order valence-corrected chi connectivity index (χ0v) is 13.8. The van der Waals surface area contributed by atoms with E-state index in [2.05, 4.69) is 36.2 Å². The van der Waals surface area contributed by atoms with Crippen molar-refractivity contribution in [3.8, 4) is 0 Å². The van der Waals surface area contributed by atoms with E-state index in [0.29, 0.717) is 12.3 Å². The number of carbonyl (C=O) groups excluding carboxylic acids is 1. The van der Waals surface area contributed by atoms with E-state index >= 15 is 0 Å². The van der Waals surface area contributed by atoms with Gasteiger partial charge in [-0.25, -0.2) is 0 Å². The molecule has 1 N–H and O–H groups in total. The molecule has 0 aliphatic heterocycles. The number of hydrogen-bond donors (Lipinski definition) is 1. The van der Waals surface area contributed by atoms with Crippen LogP contribution >= 0.6 is 0 Å². The average Bonchev–Trinajstić information content (AvgIpc) is 2.53. The van der Waals surface area contributed by atoms with E-state index in [1.807, 2.05) is 25.2 Å². The molecule has 0 spiro atoms. The van der Waals surface area contributed by atoms with Gasteiger partial charge in [0.15, 0.2) is 0 Å². The molecule has 1 amide bonds. The van der Waals surface area contributed by atoms with Crippen LogP contribution < -0.4 is 10.2 Å². The minimum Gasteiger partial charge on any atom is -0.374 e. The van der Waals surface area contributed by atoms with Crippen LogP contribution in [-0.2, 0) is 4.79 Å². The number of hydrogen-bond acceptors (Lipinski definition) is 2. The molecule has 1 aromatic carbocycles. The first kappa shape index (κ1) is 17.5. The molecule has 0 aromatic heterocycles. The lowest BCUT2D eigenvalue weighted by atomic mass is 9.99. The Morgan fingerprint density at radius 3 is 2.57 bits per heavy atom. The summed E-state index contributed by atoms with van der Waals surface area (Å²) in [4.78, 5) is 14.1. The van der Waals surface area contributed by atoms with Crippen molar-refractivity contribution in [2.75, 3.05) is 25.0 Å². The van der Waals surface area contributed by atoms with Gasteiger partial charge < -0.3 is 10.2 Å². The molecule has 1 rings (SSSR count). The highest BCUT2D eigenvalue weighted by Crippen LogP contribution is 2.12. The summed E-state index contributed by atoms with van der Waals surface area (Å²) in [6, 6.07) is 10.2. The fraction of sp³-hybridized carbons (Fsp3) is 0.611. The lowest BCUT2D eigenvalue weighted by Gasteiger charge is -2.19. The van der Waals surface area contributed by atoms with Gasteiger partial charge in [0.25, 0.3) is 0 Å².